The summed E-state index contributed by atoms with van der Waals surface area (Å²) in [6.07, 6.45) is 3.12. The van der Waals surface area contributed by atoms with Crippen LogP contribution in [0.2, 0.25) is 0 Å². The van der Waals surface area contributed by atoms with Crippen LogP contribution in [0.15, 0.2) is 0 Å². The first kappa shape index (κ1) is 11.0. The van der Waals surface area contributed by atoms with Crippen molar-refractivity contribution in [1.29, 1.82) is 0 Å². The van der Waals surface area contributed by atoms with E-state index in [-0.39, 0.29) is 6.09 Å². The minimum Gasteiger partial charge on any atom is -0.452 e. The van der Waals surface area contributed by atoms with Crippen LogP contribution in [-0.4, -0.2) is 22.9 Å². The molecule has 0 aromatic carbocycles. The lowest BCUT2D eigenvalue weighted by atomic mass is 10.2. The molecule has 0 rings (SSSR count). The standard InChI is InChI=1S/C7H14INO2/c1-3-4-5-6-9(8)7(10)11-2/h3-6H2,1-2H3. The molecule has 0 radical (unpaired) electrons. The number of ether oxygens (including phenoxy) is 1. The first-order valence-electron chi connectivity index (χ1n) is 3.73. The van der Waals surface area contributed by atoms with E-state index in [2.05, 4.69) is 11.7 Å². The SMILES string of the molecule is CCCCCN(I)C(=O)OC. The summed E-state index contributed by atoms with van der Waals surface area (Å²) < 4.78 is 6.09. The molecular weight excluding hydrogens is 257 g/mol. The summed E-state index contributed by atoms with van der Waals surface area (Å²) in [5.74, 6) is 0. The van der Waals surface area contributed by atoms with Gasteiger partial charge in [-0.25, -0.2) is 7.91 Å². The molecule has 0 saturated carbocycles. The van der Waals surface area contributed by atoms with Gasteiger partial charge in [0.15, 0.2) is 0 Å². The number of carbonyl (C=O) groups excluding carboxylic acids is 1. The number of nitrogens with zero attached hydrogens (tertiary/aromatic N) is 1. The van der Waals surface area contributed by atoms with E-state index >= 15 is 0 Å². The molecule has 0 aliphatic rings. The van der Waals surface area contributed by atoms with Crippen molar-refractivity contribution in [2.75, 3.05) is 13.7 Å². The van der Waals surface area contributed by atoms with Crippen LogP contribution in [0.1, 0.15) is 26.2 Å². The maximum atomic E-state index is 10.8. The molecular formula is C7H14INO2. The molecule has 0 fully saturated rings. The summed E-state index contributed by atoms with van der Waals surface area (Å²) >= 11 is 1.97. The maximum Gasteiger partial charge on any atom is 0.418 e. The molecule has 0 unspecified atom stereocenters. The van der Waals surface area contributed by atoms with E-state index in [1.54, 1.807) is 3.11 Å². The van der Waals surface area contributed by atoms with Gasteiger partial charge in [0.25, 0.3) is 0 Å². The first-order valence-corrected chi connectivity index (χ1v) is 4.70. The van der Waals surface area contributed by atoms with Crippen LogP contribution in [0.4, 0.5) is 4.79 Å². The van der Waals surface area contributed by atoms with Crippen molar-refractivity contribution in [2.24, 2.45) is 0 Å². The van der Waals surface area contributed by atoms with Crippen LogP contribution >= 0.6 is 22.9 Å². The highest BCUT2D eigenvalue weighted by molar-refractivity contribution is 14.1. The van der Waals surface area contributed by atoms with E-state index in [1.165, 1.54) is 13.5 Å². The van der Waals surface area contributed by atoms with Gasteiger partial charge >= 0.3 is 6.09 Å². The third-order valence-electron chi connectivity index (χ3n) is 1.33. The Morgan fingerprint density at radius 1 is 1.55 bits per heavy atom. The normalized spacial score (nSPS) is 9.36. The lowest BCUT2D eigenvalue weighted by molar-refractivity contribution is 0.155. The summed E-state index contributed by atoms with van der Waals surface area (Å²) in [6, 6.07) is 0. The third kappa shape index (κ3) is 5.29. The summed E-state index contributed by atoms with van der Waals surface area (Å²) in [7, 11) is 1.40. The molecule has 1 amide bonds. The second-order valence-corrected chi connectivity index (χ2v) is 3.43. The summed E-state index contributed by atoms with van der Waals surface area (Å²) in [5.41, 5.74) is 0. The molecule has 3 nitrogen and oxygen atoms in total. The van der Waals surface area contributed by atoms with Crippen molar-refractivity contribution in [3.05, 3.63) is 0 Å². The molecule has 0 spiro atoms. The number of rotatable bonds is 4. The van der Waals surface area contributed by atoms with Gasteiger partial charge in [0.1, 0.15) is 0 Å². The monoisotopic (exact) mass is 271 g/mol. The van der Waals surface area contributed by atoms with Crippen LogP contribution in [0.3, 0.4) is 0 Å². The zero-order valence-corrected chi connectivity index (χ0v) is 9.13. The molecule has 0 atom stereocenters. The highest BCUT2D eigenvalue weighted by Gasteiger charge is 2.07. The van der Waals surface area contributed by atoms with Crippen LogP contribution < -0.4 is 0 Å². The maximum absolute atomic E-state index is 10.8. The Bertz CT molecular complexity index is 119. The summed E-state index contributed by atoms with van der Waals surface area (Å²) in [5, 5.41) is 0. The number of carbonyl (C=O) groups is 1. The predicted octanol–water partition coefficient (Wildman–Crippen LogP) is 2.60. The average molecular weight is 271 g/mol. The Morgan fingerprint density at radius 2 is 2.18 bits per heavy atom. The van der Waals surface area contributed by atoms with E-state index in [0.717, 1.165) is 19.4 Å². The fraction of sp³-hybridized carbons (Fsp3) is 0.857. The fourth-order valence-corrected chi connectivity index (χ4v) is 1.23. The minimum absolute atomic E-state index is 0.262. The lowest BCUT2D eigenvalue weighted by Crippen LogP contribution is -2.21. The number of methoxy groups -OCH3 is 1. The van der Waals surface area contributed by atoms with Gasteiger partial charge in [0.2, 0.25) is 0 Å². The Hall–Kier alpha value is 0. The fourth-order valence-electron chi connectivity index (χ4n) is 0.691. The average Bonchev–Trinajstić information content (AvgIpc) is 2.03. The van der Waals surface area contributed by atoms with Gasteiger partial charge in [-0.1, -0.05) is 19.8 Å². The van der Waals surface area contributed by atoms with Crippen molar-refractivity contribution in [2.45, 2.75) is 26.2 Å². The molecule has 11 heavy (non-hydrogen) atoms. The molecule has 0 aliphatic carbocycles. The Morgan fingerprint density at radius 3 is 2.64 bits per heavy atom. The highest BCUT2D eigenvalue weighted by atomic mass is 127. The first-order chi connectivity index (χ1) is 5.22. The molecule has 0 heterocycles. The van der Waals surface area contributed by atoms with Crippen molar-refractivity contribution >= 4 is 29.0 Å². The minimum atomic E-state index is -0.262. The van der Waals surface area contributed by atoms with E-state index in [0.29, 0.717) is 0 Å². The van der Waals surface area contributed by atoms with Crippen LogP contribution in [0.25, 0.3) is 0 Å². The van der Waals surface area contributed by atoms with Gasteiger partial charge in [-0.3, -0.25) is 0 Å². The Balaban J connectivity index is 3.36. The number of hydrogen-bond acceptors (Lipinski definition) is 2. The predicted molar refractivity (Wildman–Crippen MR) is 52.7 cm³/mol. The molecule has 0 aliphatic heterocycles. The Kier molecular flexibility index (Phi) is 6.69. The van der Waals surface area contributed by atoms with Crippen LogP contribution in [0, 0.1) is 0 Å². The number of unbranched alkanes of at least 4 members (excludes halogenated alkanes) is 2. The van der Waals surface area contributed by atoms with Crippen LogP contribution in [0.5, 0.6) is 0 Å². The molecule has 0 aromatic heterocycles. The molecule has 0 bridgehead atoms. The number of hydrogen-bond donors (Lipinski definition) is 0. The van der Waals surface area contributed by atoms with Gasteiger partial charge in [-0.05, 0) is 6.42 Å². The summed E-state index contributed by atoms with van der Waals surface area (Å²) in [6.45, 7) is 2.91. The highest BCUT2D eigenvalue weighted by Crippen LogP contribution is 2.05. The second kappa shape index (κ2) is 6.69. The quantitative estimate of drug-likeness (QED) is 0.447. The molecule has 0 saturated heterocycles. The Labute approximate surface area is 81.6 Å². The van der Waals surface area contributed by atoms with Crippen LogP contribution in [-0.2, 0) is 4.74 Å². The zero-order chi connectivity index (χ0) is 8.69. The van der Waals surface area contributed by atoms with Gasteiger partial charge in [-0.2, -0.15) is 0 Å². The van der Waals surface area contributed by atoms with Gasteiger partial charge in [-0.15, -0.1) is 0 Å². The van der Waals surface area contributed by atoms with Gasteiger partial charge in [0, 0.05) is 6.54 Å². The number of halogens is 1. The molecule has 0 N–H and O–H groups in total. The zero-order valence-electron chi connectivity index (χ0n) is 6.97. The second-order valence-electron chi connectivity index (χ2n) is 2.26. The van der Waals surface area contributed by atoms with Gasteiger partial charge in [0.05, 0.1) is 30.0 Å². The lowest BCUT2D eigenvalue weighted by Gasteiger charge is -2.11. The number of amides is 1. The van der Waals surface area contributed by atoms with Crippen molar-refractivity contribution in [3.63, 3.8) is 0 Å². The van der Waals surface area contributed by atoms with Crippen molar-refractivity contribution in [3.8, 4) is 0 Å². The molecule has 0 aromatic rings. The third-order valence-corrected chi connectivity index (χ3v) is 2.21. The van der Waals surface area contributed by atoms with E-state index in [4.69, 9.17) is 0 Å². The molecule has 4 heteroatoms. The largest absolute Gasteiger partial charge is 0.452 e. The summed E-state index contributed by atoms with van der Waals surface area (Å²) in [4.78, 5) is 10.8. The van der Waals surface area contributed by atoms with E-state index in [1.807, 2.05) is 22.9 Å². The van der Waals surface area contributed by atoms with Crippen molar-refractivity contribution in [1.82, 2.24) is 3.11 Å². The topological polar surface area (TPSA) is 29.5 Å². The van der Waals surface area contributed by atoms with Gasteiger partial charge < -0.3 is 4.74 Å². The van der Waals surface area contributed by atoms with Crippen molar-refractivity contribution < 1.29 is 9.53 Å². The van der Waals surface area contributed by atoms with E-state index < -0.39 is 0 Å². The van der Waals surface area contributed by atoms with E-state index in [9.17, 15) is 4.79 Å². The molecule has 66 valence electrons. The smallest absolute Gasteiger partial charge is 0.418 e.